The Bertz CT molecular complexity index is 1420. The zero-order valence-electron chi connectivity index (χ0n) is 19.3. The lowest BCUT2D eigenvalue weighted by molar-refractivity contribution is 0.101. The molecule has 0 aliphatic carbocycles. The minimum atomic E-state index is -0.380. The van der Waals surface area contributed by atoms with Gasteiger partial charge >= 0.3 is 0 Å². The fourth-order valence-electron chi connectivity index (χ4n) is 3.53. The molecule has 10 heteroatoms. The first-order valence-electron chi connectivity index (χ1n) is 10.5. The number of halogens is 1. The summed E-state index contributed by atoms with van der Waals surface area (Å²) in [5.41, 5.74) is 2.17. The van der Waals surface area contributed by atoms with E-state index in [1.54, 1.807) is 48.5 Å². The van der Waals surface area contributed by atoms with Gasteiger partial charge in [0.05, 0.1) is 26.3 Å². The van der Waals surface area contributed by atoms with E-state index in [0.29, 0.717) is 50.7 Å². The van der Waals surface area contributed by atoms with Crippen LogP contribution in [0.5, 0.6) is 17.2 Å². The number of fused-ring (bicyclic) bond motifs is 1. The van der Waals surface area contributed by atoms with Crippen LogP contribution in [0.3, 0.4) is 0 Å². The summed E-state index contributed by atoms with van der Waals surface area (Å²) in [5, 5.41) is 9.48. The Balaban J connectivity index is 0.00000342. The second-order valence-electron chi connectivity index (χ2n) is 7.39. The molecule has 0 spiro atoms. The topological polar surface area (TPSA) is 124 Å². The van der Waals surface area contributed by atoms with Gasteiger partial charge < -0.3 is 24.3 Å². The second-order valence-corrected chi connectivity index (χ2v) is 7.39. The van der Waals surface area contributed by atoms with Crippen molar-refractivity contribution in [2.75, 3.05) is 27.4 Å². The van der Waals surface area contributed by atoms with Gasteiger partial charge in [-0.15, -0.1) is 12.4 Å². The molecule has 2 N–H and O–H groups in total. The molecule has 0 amide bonds. The molecule has 2 aromatic heterocycles. The summed E-state index contributed by atoms with van der Waals surface area (Å²) in [6.45, 7) is 1.42. The Kier molecular flexibility index (Phi) is 8.06. The summed E-state index contributed by atoms with van der Waals surface area (Å²) in [5.74, 6) is 1.50. The number of methoxy groups -OCH3 is 2. The van der Waals surface area contributed by atoms with Crippen molar-refractivity contribution in [3.63, 3.8) is 0 Å². The standard InChI is InChI=1S/C25H23N3O6.ClH/c1-14(30)15-4-6-16(7-5-15)23-20(34-11-10-29)9-8-18(26-23)24-27-19-12-17(32-2)13-21(33-3)22(19)25(31)28-24;/h4-9,12-13,29H,10-11H2,1-3H3,(H,27,28,31);1H. The molecule has 0 aliphatic heterocycles. The van der Waals surface area contributed by atoms with Crippen LogP contribution in [0.4, 0.5) is 0 Å². The van der Waals surface area contributed by atoms with Gasteiger partial charge in [-0.05, 0) is 19.1 Å². The Hall–Kier alpha value is -3.95. The van der Waals surface area contributed by atoms with Crippen LogP contribution >= 0.6 is 12.4 Å². The number of H-pyrrole nitrogens is 1. The molecule has 0 bridgehead atoms. The number of carbonyl (C=O) groups excluding carboxylic acids is 1. The van der Waals surface area contributed by atoms with Crippen LogP contribution in [0.15, 0.2) is 53.3 Å². The molecule has 0 unspecified atom stereocenters. The number of nitrogens with one attached hydrogen (secondary N) is 1. The fraction of sp³-hybridized carbons (Fsp3) is 0.200. The number of ether oxygens (including phenoxy) is 3. The SMILES string of the molecule is COc1cc(OC)c2c(=O)[nH]c(-c3ccc(OCCO)c(-c4ccc(C(C)=O)cc4)n3)nc2c1.Cl. The van der Waals surface area contributed by atoms with Crippen molar-refractivity contribution in [3.8, 4) is 40.0 Å². The first-order chi connectivity index (χ1) is 16.4. The van der Waals surface area contributed by atoms with Gasteiger partial charge in [-0.1, -0.05) is 24.3 Å². The van der Waals surface area contributed by atoms with E-state index in [0.717, 1.165) is 0 Å². The van der Waals surface area contributed by atoms with Gasteiger partial charge in [0.15, 0.2) is 11.6 Å². The van der Waals surface area contributed by atoms with Gasteiger partial charge in [-0.2, -0.15) is 0 Å². The first-order valence-corrected chi connectivity index (χ1v) is 10.5. The smallest absolute Gasteiger partial charge is 0.262 e. The van der Waals surface area contributed by atoms with Gasteiger partial charge in [0.25, 0.3) is 5.56 Å². The maximum absolute atomic E-state index is 12.9. The van der Waals surface area contributed by atoms with Crippen molar-refractivity contribution >= 4 is 29.1 Å². The number of aliphatic hydroxyl groups excluding tert-OH is 1. The molecule has 4 aromatic rings. The quantitative estimate of drug-likeness (QED) is 0.353. The molecule has 0 fully saturated rings. The van der Waals surface area contributed by atoms with E-state index in [-0.39, 0.29) is 42.8 Å². The normalized spacial score (nSPS) is 10.5. The number of aromatic amines is 1. The van der Waals surface area contributed by atoms with Crippen molar-refractivity contribution in [3.05, 3.63) is 64.4 Å². The Morgan fingerprint density at radius 3 is 2.37 bits per heavy atom. The molecule has 0 aliphatic rings. The Morgan fingerprint density at radius 1 is 1.00 bits per heavy atom. The predicted octanol–water partition coefficient (Wildman–Crippen LogP) is 3.66. The van der Waals surface area contributed by atoms with E-state index in [1.807, 2.05) is 0 Å². The van der Waals surface area contributed by atoms with Crippen molar-refractivity contribution in [1.82, 2.24) is 15.0 Å². The molecule has 0 saturated carbocycles. The summed E-state index contributed by atoms with van der Waals surface area (Å²) in [6, 6.07) is 13.6. The third kappa shape index (κ3) is 5.26. The van der Waals surface area contributed by atoms with Crippen molar-refractivity contribution in [2.24, 2.45) is 0 Å². The molecule has 0 radical (unpaired) electrons. The average Bonchev–Trinajstić information content (AvgIpc) is 2.86. The summed E-state index contributed by atoms with van der Waals surface area (Å²) < 4.78 is 16.3. The number of ketones is 1. The highest BCUT2D eigenvalue weighted by molar-refractivity contribution is 5.94. The summed E-state index contributed by atoms with van der Waals surface area (Å²) >= 11 is 0. The van der Waals surface area contributed by atoms with E-state index in [4.69, 9.17) is 14.2 Å². The van der Waals surface area contributed by atoms with Crippen molar-refractivity contribution in [2.45, 2.75) is 6.92 Å². The highest BCUT2D eigenvalue weighted by Gasteiger charge is 2.16. The molecular weight excluding hydrogens is 474 g/mol. The third-order valence-corrected chi connectivity index (χ3v) is 5.22. The average molecular weight is 498 g/mol. The first kappa shape index (κ1) is 25.7. The number of benzene rings is 2. The van der Waals surface area contributed by atoms with E-state index in [2.05, 4.69) is 15.0 Å². The fourth-order valence-corrected chi connectivity index (χ4v) is 3.53. The maximum Gasteiger partial charge on any atom is 0.262 e. The van der Waals surface area contributed by atoms with Crippen LogP contribution < -0.4 is 19.8 Å². The summed E-state index contributed by atoms with van der Waals surface area (Å²) in [7, 11) is 2.99. The molecule has 0 atom stereocenters. The van der Waals surface area contributed by atoms with E-state index in [9.17, 15) is 14.7 Å². The molecule has 182 valence electrons. The molecule has 4 rings (SSSR count). The monoisotopic (exact) mass is 497 g/mol. The molecular formula is C25H24ClN3O6. The van der Waals surface area contributed by atoms with Crippen LogP contribution in [0, 0.1) is 0 Å². The maximum atomic E-state index is 12.9. The number of rotatable bonds is 8. The zero-order chi connectivity index (χ0) is 24.2. The van der Waals surface area contributed by atoms with Gasteiger partial charge in [0.2, 0.25) is 0 Å². The Morgan fingerprint density at radius 2 is 1.74 bits per heavy atom. The molecule has 2 aromatic carbocycles. The highest BCUT2D eigenvalue weighted by atomic mass is 35.5. The lowest BCUT2D eigenvalue weighted by atomic mass is 10.1. The van der Waals surface area contributed by atoms with E-state index < -0.39 is 0 Å². The number of carbonyl (C=O) groups is 1. The molecule has 35 heavy (non-hydrogen) atoms. The van der Waals surface area contributed by atoms with Crippen LogP contribution in [-0.2, 0) is 0 Å². The van der Waals surface area contributed by atoms with Gasteiger partial charge in [0, 0.05) is 23.3 Å². The number of Topliss-reactive ketones (excluding diaryl/α,β-unsaturated/α-hetero) is 1. The molecule has 9 nitrogen and oxygen atoms in total. The second kappa shape index (κ2) is 11.0. The van der Waals surface area contributed by atoms with Gasteiger partial charge in [-0.3, -0.25) is 9.59 Å². The van der Waals surface area contributed by atoms with Crippen LogP contribution in [0.2, 0.25) is 0 Å². The largest absolute Gasteiger partial charge is 0.497 e. The summed E-state index contributed by atoms with van der Waals surface area (Å²) in [4.78, 5) is 36.6. The number of hydrogen-bond acceptors (Lipinski definition) is 8. The lowest BCUT2D eigenvalue weighted by Crippen LogP contribution is -2.12. The number of pyridine rings is 1. The minimum absolute atomic E-state index is 0. The minimum Gasteiger partial charge on any atom is -0.497 e. The zero-order valence-corrected chi connectivity index (χ0v) is 20.1. The van der Waals surface area contributed by atoms with Crippen LogP contribution in [0.1, 0.15) is 17.3 Å². The van der Waals surface area contributed by atoms with Crippen molar-refractivity contribution in [1.29, 1.82) is 0 Å². The summed E-state index contributed by atoms with van der Waals surface area (Å²) in [6.07, 6.45) is 0. The van der Waals surface area contributed by atoms with Gasteiger partial charge in [-0.25, -0.2) is 9.97 Å². The third-order valence-electron chi connectivity index (χ3n) is 5.22. The van der Waals surface area contributed by atoms with Crippen LogP contribution in [-0.4, -0.2) is 53.3 Å². The van der Waals surface area contributed by atoms with E-state index >= 15 is 0 Å². The predicted molar refractivity (Wildman–Crippen MR) is 134 cm³/mol. The number of aromatic nitrogens is 3. The number of hydrogen-bond donors (Lipinski definition) is 2. The Labute approximate surface area is 207 Å². The number of nitrogens with zero attached hydrogens (tertiary/aromatic N) is 2. The van der Waals surface area contributed by atoms with E-state index in [1.165, 1.54) is 21.1 Å². The van der Waals surface area contributed by atoms with Gasteiger partial charge in [0.1, 0.15) is 40.6 Å². The van der Waals surface area contributed by atoms with Crippen LogP contribution in [0.25, 0.3) is 33.7 Å². The molecule has 0 saturated heterocycles. The molecule has 2 heterocycles. The lowest BCUT2D eigenvalue weighted by Gasteiger charge is -2.13. The highest BCUT2D eigenvalue weighted by Crippen LogP contribution is 2.32. The number of aliphatic hydroxyl groups is 1. The van der Waals surface area contributed by atoms with Crippen molar-refractivity contribution < 1.29 is 24.1 Å².